The van der Waals surface area contributed by atoms with Crippen molar-refractivity contribution in [3.8, 4) is 0 Å². The summed E-state index contributed by atoms with van der Waals surface area (Å²) in [4.78, 5) is 33.6. The maximum Gasteiger partial charge on any atom is 0.309 e. The van der Waals surface area contributed by atoms with Gasteiger partial charge in [0.15, 0.2) is 0 Å². The molecule has 0 atom stereocenters. The highest BCUT2D eigenvalue weighted by Crippen LogP contribution is 2.20. The van der Waals surface area contributed by atoms with E-state index in [9.17, 15) is 14.4 Å². The second-order valence-corrected chi connectivity index (χ2v) is 5.21. The van der Waals surface area contributed by atoms with Gasteiger partial charge >= 0.3 is 5.97 Å². The lowest BCUT2D eigenvalue weighted by Crippen LogP contribution is -2.33. The number of hydrogen-bond donors (Lipinski definition) is 3. The van der Waals surface area contributed by atoms with E-state index in [1.807, 2.05) is 0 Å². The zero-order chi connectivity index (χ0) is 15.3. The van der Waals surface area contributed by atoms with Gasteiger partial charge in [-0.3, -0.25) is 14.4 Å². The number of nitrogens with one attached hydrogen (secondary N) is 1. The fourth-order valence-corrected chi connectivity index (χ4v) is 1.57. The number of primary amides is 1. The molecule has 0 aromatic heterocycles. The average molecular weight is 278 g/mol. The summed E-state index contributed by atoms with van der Waals surface area (Å²) in [6.07, 6.45) is -0.113. The van der Waals surface area contributed by atoms with Crippen LogP contribution in [0.25, 0.3) is 0 Å². The summed E-state index contributed by atoms with van der Waals surface area (Å²) < 4.78 is 0. The average Bonchev–Trinajstić information content (AvgIpc) is 2.36. The van der Waals surface area contributed by atoms with Crippen LogP contribution in [0.4, 0.5) is 0 Å². The van der Waals surface area contributed by atoms with Crippen LogP contribution in [0, 0.1) is 5.41 Å². The first-order valence-electron chi connectivity index (χ1n) is 6.11. The van der Waals surface area contributed by atoms with E-state index in [2.05, 4.69) is 5.32 Å². The zero-order valence-electron chi connectivity index (χ0n) is 11.5. The predicted molar refractivity (Wildman–Crippen MR) is 72.8 cm³/mol. The minimum absolute atomic E-state index is 0.113. The van der Waals surface area contributed by atoms with E-state index in [4.69, 9.17) is 10.8 Å². The molecule has 0 heterocycles. The Kier molecular flexibility index (Phi) is 4.85. The molecule has 20 heavy (non-hydrogen) atoms. The van der Waals surface area contributed by atoms with Crippen molar-refractivity contribution in [3.05, 3.63) is 35.4 Å². The predicted octanol–water partition coefficient (Wildman–Crippen LogP) is 0.903. The van der Waals surface area contributed by atoms with Crippen LogP contribution in [0.15, 0.2) is 24.3 Å². The van der Waals surface area contributed by atoms with Gasteiger partial charge in [0.2, 0.25) is 11.8 Å². The van der Waals surface area contributed by atoms with Crippen LogP contribution in [0.5, 0.6) is 0 Å². The molecule has 0 fully saturated rings. The molecule has 0 spiro atoms. The van der Waals surface area contributed by atoms with Crippen molar-refractivity contribution in [2.24, 2.45) is 11.1 Å². The van der Waals surface area contributed by atoms with Gasteiger partial charge < -0.3 is 16.2 Å². The van der Waals surface area contributed by atoms with Crippen LogP contribution in [0.2, 0.25) is 0 Å². The number of nitrogens with two attached hydrogens (primary N) is 1. The Morgan fingerprint density at radius 1 is 1.30 bits per heavy atom. The largest absolute Gasteiger partial charge is 0.481 e. The number of carbonyl (C=O) groups is 3. The number of rotatable bonds is 6. The van der Waals surface area contributed by atoms with E-state index < -0.39 is 17.3 Å². The fraction of sp³-hybridized carbons (Fsp3) is 0.357. The molecule has 0 aliphatic heterocycles. The third-order valence-corrected chi connectivity index (χ3v) is 2.88. The van der Waals surface area contributed by atoms with Crippen molar-refractivity contribution >= 4 is 17.8 Å². The zero-order valence-corrected chi connectivity index (χ0v) is 11.5. The highest BCUT2D eigenvalue weighted by atomic mass is 16.4. The number of carboxylic acids is 1. The SMILES string of the molecule is CC(C)(CC(=O)NCc1cccc(C(N)=O)c1)C(=O)O. The van der Waals surface area contributed by atoms with Gasteiger partial charge in [0.25, 0.3) is 0 Å². The van der Waals surface area contributed by atoms with Crippen molar-refractivity contribution in [3.63, 3.8) is 0 Å². The number of aliphatic carboxylic acids is 1. The Balaban J connectivity index is 2.59. The van der Waals surface area contributed by atoms with E-state index in [1.54, 1.807) is 24.3 Å². The Hall–Kier alpha value is -2.37. The molecule has 1 rings (SSSR count). The van der Waals surface area contributed by atoms with Crippen molar-refractivity contribution in [2.45, 2.75) is 26.8 Å². The van der Waals surface area contributed by atoms with Gasteiger partial charge in [-0.25, -0.2) is 0 Å². The summed E-state index contributed by atoms with van der Waals surface area (Å²) >= 11 is 0. The molecule has 108 valence electrons. The minimum atomic E-state index is -1.11. The van der Waals surface area contributed by atoms with Gasteiger partial charge in [-0.05, 0) is 31.5 Å². The van der Waals surface area contributed by atoms with Crippen molar-refractivity contribution < 1.29 is 19.5 Å². The van der Waals surface area contributed by atoms with Gasteiger partial charge in [-0.15, -0.1) is 0 Å². The molecular formula is C14H18N2O4. The molecule has 4 N–H and O–H groups in total. The van der Waals surface area contributed by atoms with E-state index in [1.165, 1.54) is 13.8 Å². The molecule has 0 saturated carbocycles. The lowest BCUT2D eigenvalue weighted by atomic mass is 9.89. The number of carbonyl (C=O) groups excluding carboxylic acids is 2. The first kappa shape index (κ1) is 15.7. The summed E-state index contributed by atoms with van der Waals surface area (Å²) in [5.74, 6) is -1.92. The standard InChI is InChI=1S/C14H18N2O4/c1-14(2,13(19)20)7-11(17)16-8-9-4-3-5-10(6-9)12(15)18/h3-6H,7-8H2,1-2H3,(H2,15,18)(H,16,17)(H,19,20). The normalized spacial score (nSPS) is 10.9. The molecule has 0 bridgehead atoms. The summed E-state index contributed by atoms with van der Waals surface area (Å²) in [6, 6.07) is 6.59. The molecule has 1 aromatic rings. The van der Waals surface area contributed by atoms with Crippen LogP contribution < -0.4 is 11.1 Å². The Morgan fingerprint density at radius 2 is 1.95 bits per heavy atom. The van der Waals surface area contributed by atoms with E-state index in [-0.39, 0.29) is 18.9 Å². The van der Waals surface area contributed by atoms with Crippen molar-refractivity contribution in [1.29, 1.82) is 0 Å². The quantitative estimate of drug-likeness (QED) is 0.718. The molecule has 6 heteroatoms. The highest BCUT2D eigenvalue weighted by molar-refractivity contribution is 5.92. The van der Waals surface area contributed by atoms with Crippen LogP contribution in [-0.2, 0) is 16.1 Å². The Bertz CT molecular complexity index is 538. The molecule has 6 nitrogen and oxygen atoms in total. The molecule has 2 amide bonds. The minimum Gasteiger partial charge on any atom is -0.481 e. The third-order valence-electron chi connectivity index (χ3n) is 2.88. The summed E-state index contributed by atoms with van der Waals surface area (Å²) in [6.45, 7) is 3.20. The smallest absolute Gasteiger partial charge is 0.309 e. The second kappa shape index (κ2) is 6.18. The van der Waals surface area contributed by atoms with Gasteiger partial charge in [-0.1, -0.05) is 12.1 Å². The van der Waals surface area contributed by atoms with Crippen LogP contribution in [-0.4, -0.2) is 22.9 Å². The molecule has 0 radical (unpaired) electrons. The maximum absolute atomic E-state index is 11.7. The monoisotopic (exact) mass is 278 g/mol. The van der Waals surface area contributed by atoms with E-state index >= 15 is 0 Å². The maximum atomic E-state index is 11.7. The molecule has 0 aliphatic rings. The van der Waals surface area contributed by atoms with Crippen LogP contribution in [0.3, 0.4) is 0 Å². The number of amides is 2. The summed E-state index contributed by atoms with van der Waals surface area (Å²) in [7, 11) is 0. The lowest BCUT2D eigenvalue weighted by Gasteiger charge is -2.18. The first-order valence-corrected chi connectivity index (χ1v) is 6.11. The summed E-state index contributed by atoms with van der Waals surface area (Å²) in [5.41, 5.74) is 5.14. The number of hydrogen-bond acceptors (Lipinski definition) is 3. The second-order valence-electron chi connectivity index (χ2n) is 5.21. The van der Waals surface area contributed by atoms with Gasteiger partial charge in [0.05, 0.1) is 5.41 Å². The molecule has 0 aliphatic carbocycles. The van der Waals surface area contributed by atoms with E-state index in [0.717, 1.165) is 5.56 Å². The van der Waals surface area contributed by atoms with E-state index in [0.29, 0.717) is 5.56 Å². The third kappa shape index (κ3) is 4.38. The summed E-state index contributed by atoms with van der Waals surface area (Å²) in [5, 5.41) is 11.6. The number of benzene rings is 1. The fourth-order valence-electron chi connectivity index (χ4n) is 1.57. The topological polar surface area (TPSA) is 109 Å². The van der Waals surface area contributed by atoms with Crippen molar-refractivity contribution in [2.75, 3.05) is 0 Å². The Labute approximate surface area is 117 Å². The Morgan fingerprint density at radius 3 is 2.50 bits per heavy atom. The molecule has 0 unspecified atom stereocenters. The molecular weight excluding hydrogens is 260 g/mol. The molecule has 0 saturated heterocycles. The highest BCUT2D eigenvalue weighted by Gasteiger charge is 2.29. The van der Waals surface area contributed by atoms with Crippen molar-refractivity contribution in [1.82, 2.24) is 5.32 Å². The van der Waals surface area contributed by atoms with Gasteiger partial charge in [-0.2, -0.15) is 0 Å². The van der Waals surface area contributed by atoms with Gasteiger partial charge in [0, 0.05) is 18.5 Å². The lowest BCUT2D eigenvalue weighted by molar-refractivity contribution is -0.149. The van der Waals surface area contributed by atoms with Gasteiger partial charge in [0.1, 0.15) is 0 Å². The number of carboxylic acid groups (broad SMARTS) is 1. The van der Waals surface area contributed by atoms with Crippen LogP contribution in [0.1, 0.15) is 36.2 Å². The first-order chi connectivity index (χ1) is 9.22. The molecule has 1 aromatic carbocycles. The van der Waals surface area contributed by atoms with Crippen LogP contribution >= 0.6 is 0 Å².